The van der Waals surface area contributed by atoms with Gasteiger partial charge in [-0.05, 0) is 30.9 Å². The minimum Gasteiger partial charge on any atom is -0.294 e. The number of carbonyl (C=O) groups is 1. The summed E-state index contributed by atoms with van der Waals surface area (Å²) in [4.78, 5) is 15.7. The molecule has 0 fully saturated rings. The summed E-state index contributed by atoms with van der Waals surface area (Å²) in [6.45, 7) is 6.19. The average Bonchev–Trinajstić information content (AvgIpc) is 2.15. The van der Waals surface area contributed by atoms with Crippen molar-refractivity contribution in [3.05, 3.63) is 29.6 Å². The van der Waals surface area contributed by atoms with E-state index in [0.717, 1.165) is 17.5 Å². The van der Waals surface area contributed by atoms with Gasteiger partial charge in [0.2, 0.25) is 0 Å². The van der Waals surface area contributed by atoms with Crippen LogP contribution in [0.2, 0.25) is 0 Å². The predicted octanol–water partition coefficient (Wildman–Crippen LogP) is 3.01. The van der Waals surface area contributed by atoms with Gasteiger partial charge in [-0.15, -0.1) is 0 Å². The zero-order valence-electron chi connectivity index (χ0n) is 9.08. The lowest BCUT2D eigenvalue weighted by atomic mass is 10.00. The molecule has 76 valence electrons. The summed E-state index contributed by atoms with van der Waals surface area (Å²) >= 11 is 0. The molecule has 0 atom stereocenters. The van der Waals surface area contributed by atoms with Gasteiger partial charge in [0, 0.05) is 24.4 Å². The van der Waals surface area contributed by atoms with Gasteiger partial charge in [0.05, 0.1) is 0 Å². The number of Topliss-reactive ketones (excluding diaryl/α,β-unsaturated/α-hetero) is 1. The molecule has 0 N–H and O–H groups in total. The normalized spacial score (nSPS) is 10.6. The van der Waals surface area contributed by atoms with Gasteiger partial charge < -0.3 is 0 Å². The molecule has 0 aliphatic rings. The van der Waals surface area contributed by atoms with Gasteiger partial charge in [-0.25, -0.2) is 0 Å². The molecular weight excluding hydrogens is 174 g/mol. The van der Waals surface area contributed by atoms with E-state index in [9.17, 15) is 4.79 Å². The van der Waals surface area contributed by atoms with Crippen LogP contribution in [0.3, 0.4) is 0 Å². The first kappa shape index (κ1) is 10.9. The Morgan fingerprint density at radius 1 is 1.50 bits per heavy atom. The number of hydrogen-bond donors (Lipinski definition) is 0. The Balaban J connectivity index is 2.65. The van der Waals surface area contributed by atoms with Gasteiger partial charge in [-0.2, -0.15) is 0 Å². The van der Waals surface area contributed by atoms with Crippen LogP contribution in [0.15, 0.2) is 18.5 Å². The Morgan fingerprint density at radius 2 is 2.21 bits per heavy atom. The zero-order chi connectivity index (χ0) is 10.6. The van der Waals surface area contributed by atoms with Gasteiger partial charge in [0.25, 0.3) is 0 Å². The van der Waals surface area contributed by atoms with Crippen molar-refractivity contribution in [3.63, 3.8) is 0 Å². The smallest absolute Gasteiger partial charge is 0.163 e. The summed E-state index contributed by atoms with van der Waals surface area (Å²) < 4.78 is 0. The highest BCUT2D eigenvalue weighted by atomic mass is 16.1. The number of rotatable bonds is 4. The third-order valence-electron chi connectivity index (χ3n) is 2.27. The van der Waals surface area contributed by atoms with E-state index < -0.39 is 0 Å². The quantitative estimate of drug-likeness (QED) is 0.685. The van der Waals surface area contributed by atoms with Gasteiger partial charge in [-0.3, -0.25) is 9.78 Å². The van der Waals surface area contributed by atoms with Crippen LogP contribution in [0.25, 0.3) is 0 Å². The molecule has 1 heterocycles. The Bertz CT molecular complexity index is 318. The maximum Gasteiger partial charge on any atom is 0.163 e. The molecule has 0 radical (unpaired) electrons. The number of aromatic nitrogens is 1. The number of pyridine rings is 1. The van der Waals surface area contributed by atoms with E-state index in [1.54, 1.807) is 18.5 Å². The Kier molecular flexibility index (Phi) is 3.81. The van der Waals surface area contributed by atoms with Crippen LogP contribution in [0.4, 0.5) is 0 Å². The monoisotopic (exact) mass is 191 g/mol. The maximum absolute atomic E-state index is 11.7. The van der Waals surface area contributed by atoms with E-state index in [2.05, 4.69) is 18.8 Å². The van der Waals surface area contributed by atoms with E-state index in [1.807, 2.05) is 6.92 Å². The minimum absolute atomic E-state index is 0.235. The first-order valence-electron chi connectivity index (χ1n) is 5.05. The van der Waals surface area contributed by atoms with Crippen molar-refractivity contribution in [1.29, 1.82) is 0 Å². The Morgan fingerprint density at radius 3 is 2.79 bits per heavy atom. The zero-order valence-corrected chi connectivity index (χ0v) is 9.08. The molecule has 14 heavy (non-hydrogen) atoms. The lowest BCUT2D eigenvalue weighted by molar-refractivity contribution is 0.0974. The van der Waals surface area contributed by atoms with Gasteiger partial charge in [0.1, 0.15) is 0 Å². The topological polar surface area (TPSA) is 30.0 Å². The second-order valence-corrected chi connectivity index (χ2v) is 4.05. The van der Waals surface area contributed by atoms with Crippen molar-refractivity contribution >= 4 is 5.78 Å². The van der Waals surface area contributed by atoms with E-state index in [0.29, 0.717) is 12.3 Å². The van der Waals surface area contributed by atoms with E-state index >= 15 is 0 Å². The first-order valence-corrected chi connectivity index (χ1v) is 5.05. The molecule has 0 aliphatic heterocycles. The minimum atomic E-state index is 0.235. The predicted molar refractivity (Wildman–Crippen MR) is 57.4 cm³/mol. The van der Waals surface area contributed by atoms with E-state index in [-0.39, 0.29) is 5.78 Å². The molecule has 1 aromatic heterocycles. The fraction of sp³-hybridized carbons (Fsp3) is 0.500. The van der Waals surface area contributed by atoms with Crippen LogP contribution >= 0.6 is 0 Å². The van der Waals surface area contributed by atoms with Crippen molar-refractivity contribution in [3.8, 4) is 0 Å². The van der Waals surface area contributed by atoms with Crippen LogP contribution in [-0.4, -0.2) is 10.8 Å². The third-order valence-corrected chi connectivity index (χ3v) is 2.27. The largest absolute Gasteiger partial charge is 0.294 e. The van der Waals surface area contributed by atoms with Crippen LogP contribution in [0.5, 0.6) is 0 Å². The summed E-state index contributed by atoms with van der Waals surface area (Å²) in [5, 5.41) is 0. The Hall–Kier alpha value is -1.18. The standard InChI is InChI=1S/C12H17NO/c1-9(2)4-5-12(14)11-6-7-13-8-10(11)3/h6-9H,4-5H2,1-3H3. The fourth-order valence-corrected chi connectivity index (χ4v) is 1.34. The van der Waals surface area contributed by atoms with Crippen molar-refractivity contribution in [2.75, 3.05) is 0 Å². The van der Waals surface area contributed by atoms with Crippen LogP contribution in [0, 0.1) is 12.8 Å². The SMILES string of the molecule is Cc1cnccc1C(=O)CCC(C)C. The molecule has 2 nitrogen and oxygen atoms in total. The number of hydrogen-bond acceptors (Lipinski definition) is 2. The maximum atomic E-state index is 11.7. The molecule has 0 amide bonds. The number of nitrogens with zero attached hydrogens (tertiary/aromatic N) is 1. The van der Waals surface area contributed by atoms with Gasteiger partial charge in [0.15, 0.2) is 5.78 Å². The second-order valence-electron chi connectivity index (χ2n) is 4.05. The lowest BCUT2D eigenvalue weighted by Gasteiger charge is -2.05. The second kappa shape index (κ2) is 4.89. The van der Waals surface area contributed by atoms with E-state index in [4.69, 9.17) is 0 Å². The van der Waals surface area contributed by atoms with E-state index in [1.165, 1.54) is 0 Å². The van der Waals surface area contributed by atoms with Crippen LogP contribution in [0.1, 0.15) is 42.6 Å². The summed E-state index contributed by atoms with van der Waals surface area (Å²) in [5.74, 6) is 0.819. The lowest BCUT2D eigenvalue weighted by Crippen LogP contribution is -2.03. The molecule has 0 aliphatic carbocycles. The van der Waals surface area contributed by atoms with Crippen molar-refractivity contribution in [2.24, 2.45) is 5.92 Å². The number of aryl methyl sites for hydroxylation is 1. The molecule has 0 unspecified atom stereocenters. The molecule has 0 saturated carbocycles. The molecule has 2 heteroatoms. The number of ketones is 1. The third kappa shape index (κ3) is 2.95. The highest BCUT2D eigenvalue weighted by Crippen LogP contribution is 2.12. The summed E-state index contributed by atoms with van der Waals surface area (Å²) in [6, 6.07) is 1.80. The highest BCUT2D eigenvalue weighted by Gasteiger charge is 2.08. The molecule has 1 rings (SSSR count). The van der Waals surface area contributed by atoms with Gasteiger partial charge >= 0.3 is 0 Å². The fourth-order valence-electron chi connectivity index (χ4n) is 1.34. The van der Waals surface area contributed by atoms with Crippen molar-refractivity contribution in [1.82, 2.24) is 4.98 Å². The highest BCUT2D eigenvalue weighted by molar-refractivity contribution is 5.97. The summed E-state index contributed by atoms with van der Waals surface area (Å²) in [5.41, 5.74) is 1.79. The van der Waals surface area contributed by atoms with Crippen LogP contribution < -0.4 is 0 Å². The molecule has 0 spiro atoms. The van der Waals surface area contributed by atoms with Crippen molar-refractivity contribution in [2.45, 2.75) is 33.6 Å². The number of carbonyl (C=O) groups excluding carboxylic acids is 1. The molecule has 1 aromatic rings. The molecule has 0 aromatic carbocycles. The molecular formula is C12H17NO. The summed E-state index contributed by atoms with van der Waals surface area (Å²) in [6.07, 6.45) is 5.02. The summed E-state index contributed by atoms with van der Waals surface area (Å²) in [7, 11) is 0. The molecule has 0 saturated heterocycles. The van der Waals surface area contributed by atoms with Crippen LogP contribution in [-0.2, 0) is 0 Å². The first-order chi connectivity index (χ1) is 6.61. The average molecular weight is 191 g/mol. The van der Waals surface area contributed by atoms with Gasteiger partial charge in [-0.1, -0.05) is 13.8 Å². The molecule has 0 bridgehead atoms. The van der Waals surface area contributed by atoms with Crippen molar-refractivity contribution < 1.29 is 4.79 Å². The Labute approximate surface area is 85.4 Å².